The number of aromatic nitrogens is 1. The van der Waals surface area contributed by atoms with Crippen molar-refractivity contribution < 1.29 is 9.53 Å². The molecule has 0 saturated heterocycles. The van der Waals surface area contributed by atoms with Crippen molar-refractivity contribution in [1.82, 2.24) is 15.6 Å². The molecule has 1 aromatic heterocycles. The smallest absolute Gasteiger partial charge is 0.236 e. The third-order valence-electron chi connectivity index (χ3n) is 2.54. The quantitative estimate of drug-likeness (QED) is 0.700. The molecule has 1 rings (SSSR count). The van der Waals surface area contributed by atoms with Crippen LogP contribution in [0.5, 0.6) is 0 Å². The Hall–Kier alpha value is -0.980. The molecule has 0 bridgehead atoms. The van der Waals surface area contributed by atoms with Gasteiger partial charge in [-0.05, 0) is 20.3 Å². The lowest BCUT2D eigenvalue weighted by molar-refractivity contribution is -0.122. The van der Waals surface area contributed by atoms with E-state index in [0.717, 1.165) is 11.4 Å². The summed E-state index contributed by atoms with van der Waals surface area (Å²) in [7, 11) is 1.65. The second-order valence-electron chi connectivity index (χ2n) is 4.12. The molecule has 0 aliphatic carbocycles. The lowest BCUT2D eigenvalue weighted by Crippen LogP contribution is -2.43. The molecule has 0 radical (unpaired) electrons. The number of hydrogen-bond acceptors (Lipinski definition) is 5. The van der Waals surface area contributed by atoms with Crippen LogP contribution in [-0.2, 0) is 9.53 Å². The Kier molecular flexibility index (Phi) is 6.85. The van der Waals surface area contributed by atoms with E-state index < -0.39 is 0 Å². The number of thiazole rings is 1. The topological polar surface area (TPSA) is 63.2 Å². The molecule has 18 heavy (non-hydrogen) atoms. The van der Waals surface area contributed by atoms with Crippen LogP contribution >= 0.6 is 11.3 Å². The maximum absolute atomic E-state index is 11.8. The minimum absolute atomic E-state index is 0.00880. The summed E-state index contributed by atoms with van der Waals surface area (Å²) in [4.78, 5) is 16.0. The van der Waals surface area contributed by atoms with Gasteiger partial charge in [0.2, 0.25) is 5.91 Å². The van der Waals surface area contributed by atoms with Crippen molar-refractivity contribution in [2.24, 2.45) is 0 Å². The van der Waals surface area contributed by atoms with Gasteiger partial charge in [-0.15, -0.1) is 11.3 Å². The molecule has 2 unspecified atom stereocenters. The Morgan fingerprint density at radius 1 is 1.56 bits per heavy atom. The fourth-order valence-electron chi connectivity index (χ4n) is 1.55. The van der Waals surface area contributed by atoms with Gasteiger partial charge in [-0.3, -0.25) is 10.1 Å². The number of carbonyl (C=O) groups is 1. The third kappa shape index (κ3) is 5.12. The van der Waals surface area contributed by atoms with Crippen molar-refractivity contribution in [1.29, 1.82) is 0 Å². The summed E-state index contributed by atoms with van der Waals surface area (Å²) in [5.41, 5.74) is 0. The van der Waals surface area contributed by atoms with Crippen molar-refractivity contribution in [3.63, 3.8) is 0 Å². The van der Waals surface area contributed by atoms with Crippen molar-refractivity contribution >= 4 is 17.2 Å². The van der Waals surface area contributed by atoms with E-state index in [1.165, 1.54) is 0 Å². The molecule has 0 aliphatic rings. The van der Waals surface area contributed by atoms with Gasteiger partial charge in [0.05, 0.1) is 12.1 Å². The van der Waals surface area contributed by atoms with Gasteiger partial charge in [0.1, 0.15) is 5.01 Å². The Morgan fingerprint density at radius 2 is 2.33 bits per heavy atom. The van der Waals surface area contributed by atoms with Gasteiger partial charge in [0.15, 0.2) is 0 Å². The summed E-state index contributed by atoms with van der Waals surface area (Å²) in [6.07, 6.45) is 2.60. The summed E-state index contributed by atoms with van der Waals surface area (Å²) in [5, 5.41) is 9.02. The molecule has 1 aromatic rings. The standard InChI is InChI=1S/C12H21N3O2S/c1-9(11(16)13-5-4-7-17-3)15-10(2)12-14-6-8-18-12/h6,8-10,15H,4-5,7H2,1-3H3,(H,13,16). The number of ether oxygens (including phenoxy) is 1. The predicted molar refractivity (Wildman–Crippen MR) is 72.6 cm³/mol. The molecular weight excluding hydrogens is 250 g/mol. The van der Waals surface area contributed by atoms with E-state index >= 15 is 0 Å². The molecule has 1 heterocycles. The average Bonchev–Trinajstić information content (AvgIpc) is 2.88. The zero-order chi connectivity index (χ0) is 13.4. The van der Waals surface area contributed by atoms with E-state index in [0.29, 0.717) is 13.2 Å². The molecule has 6 heteroatoms. The van der Waals surface area contributed by atoms with Crippen LogP contribution in [-0.4, -0.2) is 37.2 Å². The molecule has 0 fully saturated rings. The van der Waals surface area contributed by atoms with Gasteiger partial charge in [-0.2, -0.15) is 0 Å². The van der Waals surface area contributed by atoms with Crippen LogP contribution in [0.1, 0.15) is 31.3 Å². The van der Waals surface area contributed by atoms with Crippen LogP contribution in [0.15, 0.2) is 11.6 Å². The number of rotatable bonds is 8. The van der Waals surface area contributed by atoms with Crippen LogP contribution in [0, 0.1) is 0 Å². The van der Waals surface area contributed by atoms with Crippen LogP contribution in [0.2, 0.25) is 0 Å². The number of carbonyl (C=O) groups excluding carboxylic acids is 1. The van der Waals surface area contributed by atoms with Gasteiger partial charge >= 0.3 is 0 Å². The van der Waals surface area contributed by atoms with Crippen LogP contribution in [0.25, 0.3) is 0 Å². The van der Waals surface area contributed by atoms with E-state index in [-0.39, 0.29) is 18.0 Å². The summed E-state index contributed by atoms with van der Waals surface area (Å²) in [5.74, 6) is 0.00880. The lowest BCUT2D eigenvalue weighted by atomic mass is 10.2. The highest BCUT2D eigenvalue weighted by Gasteiger charge is 2.16. The second kappa shape index (κ2) is 8.18. The Morgan fingerprint density at radius 3 is 2.94 bits per heavy atom. The zero-order valence-electron chi connectivity index (χ0n) is 11.1. The molecule has 0 aliphatic heterocycles. The average molecular weight is 271 g/mol. The first-order valence-corrected chi connectivity index (χ1v) is 6.95. The number of nitrogens with one attached hydrogen (secondary N) is 2. The van der Waals surface area contributed by atoms with Crippen LogP contribution in [0.4, 0.5) is 0 Å². The number of nitrogens with zero attached hydrogens (tertiary/aromatic N) is 1. The molecule has 0 spiro atoms. The summed E-state index contributed by atoms with van der Waals surface area (Å²) < 4.78 is 4.92. The first-order valence-electron chi connectivity index (χ1n) is 6.07. The fraction of sp³-hybridized carbons (Fsp3) is 0.667. The molecule has 0 aromatic carbocycles. The third-order valence-corrected chi connectivity index (χ3v) is 3.50. The van der Waals surface area contributed by atoms with Crippen molar-refractivity contribution in [3.05, 3.63) is 16.6 Å². The van der Waals surface area contributed by atoms with E-state index in [1.807, 2.05) is 19.2 Å². The number of methoxy groups -OCH3 is 1. The highest BCUT2D eigenvalue weighted by atomic mass is 32.1. The first kappa shape index (κ1) is 15.1. The Bertz CT molecular complexity index is 343. The van der Waals surface area contributed by atoms with E-state index in [2.05, 4.69) is 15.6 Å². The Labute approximate surface area is 112 Å². The van der Waals surface area contributed by atoms with Gasteiger partial charge in [-0.25, -0.2) is 4.98 Å². The Balaban J connectivity index is 2.27. The van der Waals surface area contributed by atoms with Gasteiger partial charge in [0.25, 0.3) is 0 Å². The van der Waals surface area contributed by atoms with Crippen LogP contribution < -0.4 is 10.6 Å². The van der Waals surface area contributed by atoms with E-state index in [1.54, 1.807) is 24.6 Å². The molecule has 2 N–H and O–H groups in total. The van der Waals surface area contributed by atoms with Crippen LogP contribution in [0.3, 0.4) is 0 Å². The lowest BCUT2D eigenvalue weighted by Gasteiger charge is -2.18. The van der Waals surface area contributed by atoms with Crippen molar-refractivity contribution in [2.45, 2.75) is 32.4 Å². The zero-order valence-corrected chi connectivity index (χ0v) is 11.9. The number of amides is 1. The summed E-state index contributed by atoms with van der Waals surface area (Å²) in [6, 6.07) is -0.142. The molecule has 2 atom stereocenters. The molecule has 102 valence electrons. The maximum atomic E-state index is 11.8. The number of hydrogen-bond donors (Lipinski definition) is 2. The molecule has 0 saturated carbocycles. The monoisotopic (exact) mass is 271 g/mol. The normalized spacial score (nSPS) is 14.2. The predicted octanol–water partition coefficient (Wildman–Crippen LogP) is 1.33. The molecule has 1 amide bonds. The highest BCUT2D eigenvalue weighted by Crippen LogP contribution is 2.15. The highest BCUT2D eigenvalue weighted by molar-refractivity contribution is 7.09. The van der Waals surface area contributed by atoms with Crippen molar-refractivity contribution in [3.8, 4) is 0 Å². The fourth-order valence-corrected chi connectivity index (χ4v) is 2.21. The van der Waals surface area contributed by atoms with Gasteiger partial charge in [-0.1, -0.05) is 0 Å². The van der Waals surface area contributed by atoms with E-state index in [9.17, 15) is 4.79 Å². The largest absolute Gasteiger partial charge is 0.385 e. The summed E-state index contributed by atoms with van der Waals surface area (Å²) >= 11 is 1.59. The maximum Gasteiger partial charge on any atom is 0.236 e. The van der Waals surface area contributed by atoms with Crippen molar-refractivity contribution in [2.75, 3.05) is 20.3 Å². The summed E-state index contributed by atoms with van der Waals surface area (Å²) in [6.45, 7) is 5.17. The second-order valence-corrected chi connectivity index (χ2v) is 5.04. The minimum Gasteiger partial charge on any atom is -0.385 e. The SMILES string of the molecule is COCCCNC(=O)C(C)NC(C)c1nccs1. The van der Waals surface area contributed by atoms with Gasteiger partial charge in [0, 0.05) is 31.8 Å². The van der Waals surface area contributed by atoms with Gasteiger partial charge < -0.3 is 10.1 Å². The van der Waals surface area contributed by atoms with E-state index in [4.69, 9.17) is 4.74 Å². The first-order chi connectivity index (χ1) is 8.65. The molecule has 5 nitrogen and oxygen atoms in total. The minimum atomic E-state index is -0.230. The molecular formula is C12H21N3O2S.